The standard InChI is InChI=1S/C23H28N6O3S/c30-23(27-16-14-26(15-17-27)19-6-2-1-3-7-19)10-13-29-22-9-8-20(18-21(22)24-25-29)33(31,32)28-11-4-5-12-28/h1-3,6-9,18H,4-5,10-17H2. The Morgan fingerprint density at radius 1 is 0.909 bits per heavy atom. The monoisotopic (exact) mass is 468 g/mol. The van der Waals surface area contributed by atoms with Gasteiger partial charge in [0.25, 0.3) is 0 Å². The molecule has 1 amide bonds. The lowest BCUT2D eigenvalue weighted by Gasteiger charge is -2.36. The van der Waals surface area contributed by atoms with Crippen molar-refractivity contribution in [2.75, 3.05) is 44.2 Å². The van der Waals surface area contributed by atoms with E-state index < -0.39 is 10.0 Å². The highest BCUT2D eigenvalue weighted by Crippen LogP contribution is 2.24. The Labute approximate surface area is 193 Å². The predicted octanol–water partition coefficient (Wildman–Crippen LogP) is 1.95. The van der Waals surface area contributed by atoms with Crippen molar-refractivity contribution < 1.29 is 13.2 Å². The molecule has 2 aromatic carbocycles. The maximum absolute atomic E-state index is 12.8. The zero-order valence-electron chi connectivity index (χ0n) is 18.5. The Bertz CT molecular complexity index is 1230. The third-order valence-electron chi connectivity index (χ3n) is 6.48. The van der Waals surface area contributed by atoms with Gasteiger partial charge in [-0.15, -0.1) is 5.10 Å². The zero-order chi connectivity index (χ0) is 22.8. The predicted molar refractivity (Wildman–Crippen MR) is 125 cm³/mol. The number of para-hydroxylation sites is 1. The first-order chi connectivity index (χ1) is 16.0. The van der Waals surface area contributed by atoms with Crippen molar-refractivity contribution in [1.29, 1.82) is 0 Å². The maximum Gasteiger partial charge on any atom is 0.243 e. The third-order valence-corrected chi connectivity index (χ3v) is 8.37. The minimum absolute atomic E-state index is 0.0968. The number of rotatable bonds is 6. The molecule has 2 fully saturated rings. The summed E-state index contributed by atoms with van der Waals surface area (Å²) in [6.45, 7) is 4.57. The third kappa shape index (κ3) is 4.45. The molecule has 3 heterocycles. The fourth-order valence-electron chi connectivity index (χ4n) is 4.57. The number of sulfonamides is 1. The quantitative estimate of drug-likeness (QED) is 0.549. The molecule has 2 aliphatic heterocycles. The summed E-state index contributed by atoms with van der Waals surface area (Å²) in [5, 5.41) is 8.32. The van der Waals surface area contributed by atoms with Crippen LogP contribution in [0.15, 0.2) is 53.4 Å². The molecule has 3 aromatic rings. The Morgan fingerprint density at radius 3 is 2.36 bits per heavy atom. The van der Waals surface area contributed by atoms with Gasteiger partial charge in [-0.1, -0.05) is 23.4 Å². The number of benzene rings is 2. The lowest BCUT2D eigenvalue weighted by atomic mass is 10.2. The number of hydrogen-bond acceptors (Lipinski definition) is 6. The number of amides is 1. The van der Waals surface area contributed by atoms with E-state index in [4.69, 9.17) is 0 Å². The summed E-state index contributed by atoms with van der Waals surface area (Å²) in [5.74, 6) is 0.0968. The highest BCUT2D eigenvalue weighted by Gasteiger charge is 2.28. The molecule has 0 spiro atoms. The van der Waals surface area contributed by atoms with Crippen LogP contribution in [-0.4, -0.2) is 77.8 Å². The molecule has 2 aliphatic rings. The van der Waals surface area contributed by atoms with Gasteiger partial charge in [-0.2, -0.15) is 4.31 Å². The second-order valence-electron chi connectivity index (χ2n) is 8.53. The number of nitrogens with zero attached hydrogens (tertiary/aromatic N) is 6. The minimum atomic E-state index is -3.49. The summed E-state index contributed by atoms with van der Waals surface area (Å²) in [6, 6.07) is 15.2. The van der Waals surface area contributed by atoms with Crippen molar-refractivity contribution in [2.24, 2.45) is 0 Å². The molecule has 1 aromatic heterocycles. The van der Waals surface area contributed by atoms with Crippen molar-refractivity contribution in [2.45, 2.75) is 30.7 Å². The first kappa shape index (κ1) is 21.8. The zero-order valence-corrected chi connectivity index (χ0v) is 19.3. The molecule has 9 nitrogen and oxygen atoms in total. The maximum atomic E-state index is 12.8. The van der Waals surface area contributed by atoms with Crippen molar-refractivity contribution in [3.05, 3.63) is 48.5 Å². The minimum Gasteiger partial charge on any atom is -0.368 e. The van der Waals surface area contributed by atoms with Gasteiger partial charge in [0.15, 0.2) is 0 Å². The van der Waals surface area contributed by atoms with Crippen molar-refractivity contribution >= 4 is 32.7 Å². The highest BCUT2D eigenvalue weighted by molar-refractivity contribution is 7.89. The largest absolute Gasteiger partial charge is 0.368 e. The molecule has 0 saturated carbocycles. The van der Waals surface area contributed by atoms with Crippen LogP contribution in [0.3, 0.4) is 0 Å². The normalized spacial score (nSPS) is 17.7. The smallest absolute Gasteiger partial charge is 0.243 e. The van der Waals surface area contributed by atoms with Gasteiger partial charge >= 0.3 is 0 Å². The number of fused-ring (bicyclic) bond motifs is 1. The van der Waals surface area contributed by atoms with Crippen LogP contribution in [-0.2, 0) is 21.4 Å². The van der Waals surface area contributed by atoms with E-state index >= 15 is 0 Å². The van der Waals surface area contributed by atoms with Gasteiger partial charge in [0.05, 0.1) is 17.0 Å². The van der Waals surface area contributed by atoms with E-state index in [0.29, 0.717) is 44.7 Å². The summed E-state index contributed by atoms with van der Waals surface area (Å²) >= 11 is 0. The van der Waals surface area contributed by atoms with E-state index in [2.05, 4.69) is 27.3 Å². The van der Waals surface area contributed by atoms with E-state index in [1.54, 1.807) is 22.9 Å². The Kier molecular flexibility index (Phi) is 6.03. The fourth-order valence-corrected chi connectivity index (χ4v) is 6.11. The van der Waals surface area contributed by atoms with Gasteiger partial charge in [0.2, 0.25) is 15.9 Å². The molecule has 0 unspecified atom stereocenters. The Balaban J connectivity index is 1.20. The Hall–Kier alpha value is -2.98. The van der Waals surface area contributed by atoms with E-state index in [1.165, 1.54) is 9.99 Å². The number of aryl methyl sites for hydroxylation is 1. The molecule has 2 saturated heterocycles. The van der Waals surface area contributed by atoms with Gasteiger partial charge in [-0.3, -0.25) is 4.79 Å². The molecule has 0 N–H and O–H groups in total. The van der Waals surface area contributed by atoms with Gasteiger partial charge in [-0.25, -0.2) is 13.1 Å². The SMILES string of the molecule is O=C(CCn1nnc2cc(S(=O)(=O)N3CCCC3)ccc21)N1CCN(c2ccccc2)CC1. The van der Waals surface area contributed by atoms with Crippen LogP contribution in [0.2, 0.25) is 0 Å². The van der Waals surface area contributed by atoms with Gasteiger partial charge < -0.3 is 9.80 Å². The number of piperazine rings is 1. The van der Waals surface area contributed by atoms with Crippen molar-refractivity contribution in [3.63, 3.8) is 0 Å². The Morgan fingerprint density at radius 2 is 1.64 bits per heavy atom. The molecule has 0 aliphatic carbocycles. The molecule has 0 radical (unpaired) electrons. The van der Waals surface area contributed by atoms with Gasteiger partial charge in [0, 0.05) is 51.4 Å². The molecule has 0 bridgehead atoms. The number of anilines is 1. The summed E-state index contributed by atoms with van der Waals surface area (Å²) < 4.78 is 28.8. The van der Waals surface area contributed by atoms with Crippen LogP contribution < -0.4 is 4.90 Å². The first-order valence-corrected chi connectivity index (χ1v) is 12.9. The number of carbonyl (C=O) groups excluding carboxylic acids is 1. The molecule has 174 valence electrons. The van der Waals surface area contributed by atoms with E-state index in [-0.39, 0.29) is 10.8 Å². The van der Waals surface area contributed by atoms with E-state index in [1.807, 2.05) is 23.1 Å². The summed E-state index contributed by atoms with van der Waals surface area (Å²) in [5.41, 5.74) is 2.45. The molecular weight excluding hydrogens is 440 g/mol. The lowest BCUT2D eigenvalue weighted by Crippen LogP contribution is -2.48. The van der Waals surface area contributed by atoms with Crippen LogP contribution in [0, 0.1) is 0 Å². The highest BCUT2D eigenvalue weighted by atomic mass is 32.2. The second kappa shape index (κ2) is 9.11. The summed E-state index contributed by atoms with van der Waals surface area (Å²) in [4.78, 5) is 17.2. The first-order valence-electron chi connectivity index (χ1n) is 11.4. The second-order valence-corrected chi connectivity index (χ2v) is 10.5. The average Bonchev–Trinajstić information content (AvgIpc) is 3.54. The average molecular weight is 469 g/mol. The van der Waals surface area contributed by atoms with E-state index in [9.17, 15) is 13.2 Å². The van der Waals surface area contributed by atoms with Crippen molar-refractivity contribution in [3.8, 4) is 0 Å². The number of carbonyl (C=O) groups is 1. The van der Waals surface area contributed by atoms with Crippen LogP contribution in [0.25, 0.3) is 11.0 Å². The van der Waals surface area contributed by atoms with Gasteiger partial charge in [-0.05, 0) is 43.2 Å². The van der Waals surface area contributed by atoms with Crippen LogP contribution in [0.1, 0.15) is 19.3 Å². The summed E-state index contributed by atoms with van der Waals surface area (Å²) in [7, 11) is -3.49. The molecule has 0 atom stereocenters. The number of aromatic nitrogens is 3. The molecule has 33 heavy (non-hydrogen) atoms. The molecule has 5 rings (SSSR count). The van der Waals surface area contributed by atoms with Gasteiger partial charge in [0.1, 0.15) is 5.52 Å². The van der Waals surface area contributed by atoms with Crippen LogP contribution in [0.5, 0.6) is 0 Å². The van der Waals surface area contributed by atoms with E-state index in [0.717, 1.165) is 31.4 Å². The molecule has 10 heteroatoms. The topological polar surface area (TPSA) is 91.6 Å². The molecular formula is C23H28N6O3S. The summed E-state index contributed by atoms with van der Waals surface area (Å²) in [6.07, 6.45) is 2.12. The lowest BCUT2D eigenvalue weighted by molar-refractivity contribution is -0.131. The van der Waals surface area contributed by atoms with Crippen molar-refractivity contribution in [1.82, 2.24) is 24.2 Å². The fraction of sp³-hybridized carbons (Fsp3) is 0.435. The van der Waals surface area contributed by atoms with Crippen LogP contribution in [0.4, 0.5) is 5.69 Å². The van der Waals surface area contributed by atoms with Crippen LogP contribution >= 0.6 is 0 Å². The number of hydrogen-bond donors (Lipinski definition) is 0.